The minimum atomic E-state index is 0.338. The van der Waals surface area contributed by atoms with Crippen LogP contribution in [0.25, 0.3) is 0 Å². The standard InChI is InChI=1S/C11H14O2.3C9H10O2/c1-2-9-5-3-4-6-11(9)13-8-10-7-12-10;3*1-2-4-8(5-3-1)10-6-9-7-11-9/h3-6,10H,2,7-8H2,1H3;3*1-5,9H,6-7H2. The van der Waals surface area contributed by atoms with Crippen LogP contribution >= 0.6 is 0 Å². The van der Waals surface area contributed by atoms with Crippen molar-refractivity contribution in [3.05, 3.63) is 121 Å². The lowest BCUT2D eigenvalue weighted by Gasteiger charge is -2.08. The molecule has 4 aliphatic rings. The van der Waals surface area contributed by atoms with Gasteiger partial charge in [-0.15, -0.1) is 0 Å². The lowest BCUT2D eigenvalue weighted by molar-refractivity contribution is 0.261. The second-order valence-electron chi connectivity index (χ2n) is 11.0. The Morgan fingerprint density at radius 2 is 0.739 bits per heavy atom. The van der Waals surface area contributed by atoms with E-state index in [4.69, 9.17) is 37.9 Å². The van der Waals surface area contributed by atoms with Crippen molar-refractivity contribution in [1.29, 1.82) is 0 Å². The van der Waals surface area contributed by atoms with Gasteiger partial charge in [0.05, 0.1) is 26.4 Å². The van der Waals surface area contributed by atoms with Crippen LogP contribution in [0.1, 0.15) is 12.5 Å². The molecule has 4 fully saturated rings. The monoisotopic (exact) mass is 628 g/mol. The molecule has 0 spiro atoms. The van der Waals surface area contributed by atoms with E-state index in [1.54, 1.807) is 0 Å². The van der Waals surface area contributed by atoms with E-state index in [0.717, 1.165) is 55.8 Å². The summed E-state index contributed by atoms with van der Waals surface area (Å²) in [5.41, 5.74) is 1.27. The number of hydrogen-bond acceptors (Lipinski definition) is 8. The Labute approximate surface area is 272 Å². The summed E-state index contributed by atoms with van der Waals surface area (Å²) in [6.45, 7) is 8.30. The molecule has 0 saturated carbocycles. The van der Waals surface area contributed by atoms with Gasteiger partial charge in [0.1, 0.15) is 73.8 Å². The van der Waals surface area contributed by atoms with E-state index in [0.29, 0.717) is 50.8 Å². The van der Waals surface area contributed by atoms with Crippen molar-refractivity contribution >= 4 is 0 Å². The van der Waals surface area contributed by atoms with Crippen LogP contribution in [0.15, 0.2) is 115 Å². The quantitative estimate of drug-likeness (QED) is 0.157. The van der Waals surface area contributed by atoms with E-state index >= 15 is 0 Å². The summed E-state index contributed by atoms with van der Waals surface area (Å²) in [5, 5.41) is 0. The van der Waals surface area contributed by atoms with Crippen LogP contribution in [0.2, 0.25) is 0 Å². The van der Waals surface area contributed by atoms with Crippen LogP contribution in [0, 0.1) is 0 Å². The van der Waals surface area contributed by atoms with Crippen LogP contribution in [-0.4, -0.2) is 77.3 Å². The van der Waals surface area contributed by atoms with Crippen LogP contribution < -0.4 is 18.9 Å². The highest BCUT2D eigenvalue weighted by atomic mass is 16.6. The number of epoxide rings is 4. The summed E-state index contributed by atoms with van der Waals surface area (Å²) < 4.78 is 41.9. The molecule has 0 aliphatic carbocycles. The Hall–Kier alpha value is -4.08. The molecule has 4 unspecified atom stereocenters. The Kier molecular flexibility index (Phi) is 13.6. The van der Waals surface area contributed by atoms with Crippen molar-refractivity contribution in [2.45, 2.75) is 37.8 Å². The largest absolute Gasteiger partial charge is 0.491 e. The first-order valence-electron chi connectivity index (χ1n) is 16.0. The zero-order valence-corrected chi connectivity index (χ0v) is 26.4. The maximum Gasteiger partial charge on any atom is 0.122 e. The smallest absolute Gasteiger partial charge is 0.122 e. The fourth-order valence-corrected chi connectivity index (χ4v) is 3.89. The van der Waals surface area contributed by atoms with Gasteiger partial charge in [-0.1, -0.05) is 79.7 Å². The molecular formula is C38H44O8. The summed E-state index contributed by atoms with van der Waals surface area (Å²) >= 11 is 0. The fraction of sp³-hybridized carbons (Fsp3) is 0.368. The molecule has 244 valence electrons. The van der Waals surface area contributed by atoms with Crippen LogP contribution in [0.4, 0.5) is 0 Å². The Balaban J connectivity index is 0.000000121. The molecule has 0 bridgehead atoms. The van der Waals surface area contributed by atoms with E-state index in [-0.39, 0.29) is 0 Å². The predicted molar refractivity (Wildman–Crippen MR) is 176 cm³/mol. The maximum absolute atomic E-state index is 5.63. The van der Waals surface area contributed by atoms with Crippen molar-refractivity contribution < 1.29 is 37.9 Å². The first-order chi connectivity index (χ1) is 22.7. The predicted octanol–water partition coefficient (Wildman–Crippen LogP) is 6.42. The summed E-state index contributed by atoms with van der Waals surface area (Å²) in [6, 6.07) is 37.5. The molecule has 4 aromatic carbocycles. The highest BCUT2D eigenvalue weighted by molar-refractivity contribution is 5.33. The normalized spacial score (nSPS) is 20.9. The molecule has 8 rings (SSSR count). The zero-order valence-electron chi connectivity index (χ0n) is 26.4. The number of ether oxygens (including phenoxy) is 8. The third-order valence-corrected chi connectivity index (χ3v) is 6.93. The van der Waals surface area contributed by atoms with Gasteiger partial charge in [-0.3, -0.25) is 0 Å². The van der Waals surface area contributed by atoms with Gasteiger partial charge < -0.3 is 37.9 Å². The van der Waals surface area contributed by atoms with E-state index < -0.39 is 0 Å². The van der Waals surface area contributed by atoms with Gasteiger partial charge in [0.25, 0.3) is 0 Å². The van der Waals surface area contributed by atoms with Crippen LogP contribution in [-0.2, 0) is 25.4 Å². The van der Waals surface area contributed by atoms with Gasteiger partial charge >= 0.3 is 0 Å². The third kappa shape index (κ3) is 14.3. The second kappa shape index (κ2) is 18.8. The lowest BCUT2D eigenvalue weighted by Crippen LogP contribution is -2.05. The molecule has 46 heavy (non-hydrogen) atoms. The van der Waals surface area contributed by atoms with Crippen LogP contribution in [0.3, 0.4) is 0 Å². The van der Waals surface area contributed by atoms with Crippen molar-refractivity contribution in [1.82, 2.24) is 0 Å². The summed E-state index contributed by atoms with van der Waals surface area (Å²) in [6.07, 6.45) is 2.38. The molecule has 4 atom stereocenters. The van der Waals surface area contributed by atoms with Gasteiger partial charge in [-0.25, -0.2) is 0 Å². The number of benzene rings is 4. The minimum Gasteiger partial charge on any atom is -0.491 e. The third-order valence-electron chi connectivity index (χ3n) is 6.93. The van der Waals surface area contributed by atoms with Gasteiger partial charge in [0.2, 0.25) is 0 Å². The zero-order chi connectivity index (χ0) is 31.7. The molecule has 0 aromatic heterocycles. The second-order valence-corrected chi connectivity index (χ2v) is 11.0. The summed E-state index contributed by atoms with van der Waals surface area (Å²) in [5.74, 6) is 3.76. The molecule has 8 heteroatoms. The average Bonchev–Trinajstić information content (AvgIpc) is 3.91. The molecule has 0 radical (unpaired) electrons. The summed E-state index contributed by atoms with van der Waals surface area (Å²) in [4.78, 5) is 0. The summed E-state index contributed by atoms with van der Waals surface area (Å²) in [7, 11) is 0. The highest BCUT2D eigenvalue weighted by Crippen LogP contribution is 2.20. The molecule has 0 amide bonds. The van der Waals surface area contributed by atoms with Crippen molar-refractivity contribution in [2.24, 2.45) is 0 Å². The average molecular weight is 629 g/mol. The number of rotatable bonds is 13. The van der Waals surface area contributed by atoms with Crippen molar-refractivity contribution in [3.8, 4) is 23.0 Å². The topological polar surface area (TPSA) is 87.0 Å². The van der Waals surface area contributed by atoms with E-state index in [1.165, 1.54) is 5.56 Å². The van der Waals surface area contributed by atoms with Gasteiger partial charge in [0, 0.05) is 0 Å². The first-order valence-corrected chi connectivity index (χ1v) is 16.0. The van der Waals surface area contributed by atoms with Crippen molar-refractivity contribution in [3.63, 3.8) is 0 Å². The Morgan fingerprint density at radius 3 is 1.07 bits per heavy atom. The number of para-hydroxylation sites is 4. The maximum atomic E-state index is 5.63. The molecule has 0 N–H and O–H groups in total. The van der Waals surface area contributed by atoms with E-state index in [2.05, 4.69) is 13.0 Å². The lowest BCUT2D eigenvalue weighted by atomic mass is 10.1. The molecular weight excluding hydrogens is 584 g/mol. The van der Waals surface area contributed by atoms with E-state index in [1.807, 2.05) is 109 Å². The molecule has 8 nitrogen and oxygen atoms in total. The van der Waals surface area contributed by atoms with Gasteiger partial charge in [0.15, 0.2) is 0 Å². The Bertz CT molecular complexity index is 1230. The number of hydrogen-bond donors (Lipinski definition) is 0. The van der Waals surface area contributed by atoms with Crippen LogP contribution in [0.5, 0.6) is 23.0 Å². The first kappa shape index (κ1) is 33.3. The number of aryl methyl sites for hydroxylation is 1. The molecule has 4 heterocycles. The highest BCUT2D eigenvalue weighted by Gasteiger charge is 2.24. The fourth-order valence-electron chi connectivity index (χ4n) is 3.89. The minimum absolute atomic E-state index is 0.338. The van der Waals surface area contributed by atoms with E-state index in [9.17, 15) is 0 Å². The van der Waals surface area contributed by atoms with Crippen molar-refractivity contribution in [2.75, 3.05) is 52.9 Å². The molecule has 4 aromatic rings. The van der Waals surface area contributed by atoms with Gasteiger partial charge in [-0.2, -0.15) is 0 Å². The SMILES string of the molecule is CCc1ccccc1OCC1CO1.c1ccc(OCC2CO2)cc1.c1ccc(OCC2CO2)cc1.c1ccc(OCC2CO2)cc1. The van der Waals surface area contributed by atoms with Gasteiger partial charge in [-0.05, 0) is 54.4 Å². The molecule has 4 aliphatic heterocycles. The molecule has 4 saturated heterocycles. The Morgan fingerprint density at radius 1 is 0.435 bits per heavy atom.